The van der Waals surface area contributed by atoms with Gasteiger partial charge in [-0.05, 0) is 38.0 Å². The van der Waals surface area contributed by atoms with Crippen molar-refractivity contribution in [2.75, 3.05) is 13.1 Å². The number of carbonyl (C=O) groups excluding carboxylic acids is 1. The summed E-state index contributed by atoms with van der Waals surface area (Å²) in [6, 6.07) is 5.96. The Labute approximate surface area is 139 Å². The van der Waals surface area contributed by atoms with E-state index in [2.05, 4.69) is 19.9 Å². The lowest BCUT2D eigenvalue weighted by Gasteiger charge is -2.33. The van der Waals surface area contributed by atoms with E-state index in [9.17, 15) is 4.79 Å². The molecule has 7 heteroatoms. The largest absolute Gasteiger partial charge is 0.337 e. The molecule has 1 aromatic carbocycles. The number of rotatable bonds is 3. The van der Waals surface area contributed by atoms with E-state index in [0.29, 0.717) is 11.6 Å². The predicted molar refractivity (Wildman–Crippen MR) is 89.6 cm³/mol. The van der Waals surface area contributed by atoms with E-state index in [1.165, 1.54) is 0 Å². The second kappa shape index (κ2) is 6.07. The van der Waals surface area contributed by atoms with Crippen LogP contribution in [0.3, 0.4) is 0 Å². The van der Waals surface area contributed by atoms with E-state index in [0.717, 1.165) is 43.5 Å². The zero-order chi connectivity index (χ0) is 16.5. The molecule has 1 unspecified atom stereocenters. The van der Waals surface area contributed by atoms with Crippen LogP contribution in [0.5, 0.6) is 0 Å². The highest BCUT2D eigenvalue weighted by atomic mass is 16.2. The van der Waals surface area contributed by atoms with E-state index in [4.69, 9.17) is 0 Å². The topological polar surface area (TPSA) is 68.8 Å². The van der Waals surface area contributed by atoms with Crippen LogP contribution in [-0.4, -0.2) is 48.4 Å². The summed E-state index contributed by atoms with van der Waals surface area (Å²) in [5.74, 6) is 0.0627. The van der Waals surface area contributed by atoms with Gasteiger partial charge in [0.05, 0.1) is 17.9 Å². The maximum Gasteiger partial charge on any atom is 0.254 e. The average Bonchev–Trinajstić information content (AvgIpc) is 3.30. The van der Waals surface area contributed by atoms with Gasteiger partial charge in [-0.1, -0.05) is 5.21 Å². The van der Waals surface area contributed by atoms with Gasteiger partial charge in [-0.15, -0.1) is 5.10 Å². The second-order valence-electron chi connectivity index (χ2n) is 6.17. The molecule has 1 amide bonds. The van der Waals surface area contributed by atoms with Crippen LogP contribution < -0.4 is 0 Å². The van der Waals surface area contributed by atoms with Gasteiger partial charge in [0.2, 0.25) is 0 Å². The van der Waals surface area contributed by atoms with Crippen LogP contribution in [0.15, 0.2) is 36.9 Å². The number of carbonyl (C=O) groups is 1. The Balaban J connectivity index is 1.56. The summed E-state index contributed by atoms with van der Waals surface area (Å²) in [5, 5.41) is 8.27. The van der Waals surface area contributed by atoms with Crippen LogP contribution in [0, 0.1) is 0 Å². The number of piperidine rings is 1. The highest BCUT2D eigenvalue weighted by Crippen LogP contribution is 2.23. The first-order chi connectivity index (χ1) is 11.8. The minimum atomic E-state index is 0.0627. The highest BCUT2D eigenvalue weighted by Gasteiger charge is 2.25. The standard InChI is InChI=1S/C17H20N6O/c1-2-23-16-6-5-13(10-15(16)19-20-23)17(24)21-8-3-4-14(11-21)22-9-7-18-12-22/h5-7,9-10,12,14H,2-4,8,11H2,1H3. The first-order valence-electron chi connectivity index (χ1n) is 8.36. The fraction of sp³-hybridized carbons (Fsp3) is 0.412. The van der Waals surface area contributed by atoms with Gasteiger partial charge in [0.25, 0.3) is 5.91 Å². The number of benzene rings is 1. The molecular formula is C17H20N6O. The van der Waals surface area contributed by atoms with Gasteiger partial charge in [0.1, 0.15) is 5.52 Å². The second-order valence-corrected chi connectivity index (χ2v) is 6.17. The fourth-order valence-corrected chi connectivity index (χ4v) is 3.39. The molecule has 1 atom stereocenters. The summed E-state index contributed by atoms with van der Waals surface area (Å²) in [6.07, 6.45) is 7.65. The fourth-order valence-electron chi connectivity index (χ4n) is 3.39. The van der Waals surface area contributed by atoms with Gasteiger partial charge in [0.15, 0.2) is 0 Å². The van der Waals surface area contributed by atoms with Crippen molar-refractivity contribution in [3.63, 3.8) is 0 Å². The van der Waals surface area contributed by atoms with E-state index in [1.54, 1.807) is 6.20 Å². The molecule has 2 aromatic heterocycles. The summed E-state index contributed by atoms with van der Waals surface area (Å²) < 4.78 is 3.93. The Hall–Kier alpha value is -2.70. The highest BCUT2D eigenvalue weighted by molar-refractivity contribution is 5.97. The molecule has 0 aliphatic carbocycles. The number of fused-ring (bicyclic) bond motifs is 1. The van der Waals surface area contributed by atoms with Crippen LogP contribution in [0.25, 0.3) is 11.0 Å². The maximum absolute atomic E-state index is 12.9. The van der Waals surface area contributed by atoms with Gasteiger partial charge in [-0.2, -0.15) is 0 Å². The average molecular weight is 324 g/mol. The van der Waals surface area contributed by atoms with Crippen LogP contribution in [-0.2, 0) is 6.54 Å². The molecule has 1 aliphatic rings. The summed E-state index contributed by atoms with van der Waals surface area (Å²) in [4.78, 5) is 18.9. The number of aromatic nitrogens is 5. The smallest absolute Gasteiger partial charge is 0.254 e. The third-order valence-electron chi connectivity index (χ3n) is 4.69. The van der Waals surface area contributed by atoms with E-state index in [1.807, 2.05) is 47.2 Å². The molecule has 4 rings (SSSR count). The van der Waals surface area contributed by atoms with E-state index < -0.39 is 0 Å². The van der Waals surface area contributed by atoms with Gasteiger partial charge < -0.3 is 9.47 Å². The number of hydrogen-bond donors (Lipinski definition) is 0. The Bertz CT molecular complexity index is 853. The minimum absolute atomic E-state index is 0.0627. The number of hydrogen-bond acceptors (Lipinski definition) is 4. The van der Waals surface area contributed by atoms with Crippen LogP contribution in [0.2, 0.25) is 0 Å². The van der Waals surface area contributed by atoms with Crippen LogP contribution in [0.1, 0.15) is 36.2 Å². The van der Waals surface area contributed by atoms with Gasteiger partial charge in [0, 0.05) is 37.6 Å². The molecule has 24 heavy (non-hydrogen) atoms. The van der Waals surface area contributed by atoms with Crippen molar-refractivity contribution in [2.24, 2.45) is 0 Å². The van der Waals surface area contributed by atoms with Crippen LogP contribution >= 0.6 is 0 Å². The van der Waals surface area contributed by atoms with E-state index >= 15 is 0 Å². The van der Waals surface area contributed by atoms with Crippen molar-refractivity contribution >= 4 is 16.9 Å². The molecule has 3 aromatic rings. The molecule has 1 aliphatic heterocycles. The number of aryl methyl sites for hydroxylation is 1. The normalized spacial score (nSPS) is 18.2. The van der Waals surface area contributed by atoms with Gasteiger partial charge in [-0.3, -0.25) is 4.79 Å². The number of likely N-dealkylation sites (tertiary alicyclic amines) is 1. The summed E-state index contributed by atoms with van der Waals surface area (Å²) in [5.41, 5.74) is 2.41. The summed E-state index contributed by atoms with van der Waals surface area (Å²) in [7, 11) is 0. The monoisotopic (exact) mass is 324 g/mol. The molecular weight excluding hydrogens is 304 g/mol. The molecule has 3 heterocycles. The van der Waals surface area contributed by atoms with Crippen molar-refractivity contribution in [1.29, 1.82) is 0 Å². The van der Waals surface area contributed by atoms with Crippen molar-refractivity contribution in [1.82, 2.24) is 29.4 Å². The Morgan fingerprint density at radius 3 is 3.08 bits per heavy atom. The first-order valence-corrected chi connectivity index (χ1v) is 8.36. The van der Waals surface area contributed by atoms with Crippen molar-refractivity contribution in [3.05, 3.63) is 42.5 Å². The molecule has 0 N–H and O–H groups in total. The third-order valence-corrected chi connectivity index (χ3v) is 4.69. The number of amides is 1. The number of imidazole rings is 1. The SMILES string of the molecule is CCn1nnc2cc(C(=O)N3CCCC(n4ccnc4)C3)ccc21. The summed E-state index contributed by atoms with van der Waals surface area (Å²) >= 11 is 0. The van der Waals surface area contributed by atoms with Gasteiger partial charge >= 0.3 is 0 Å². The molecule has 0 saturated carbocycles. The molecule has 7 nitrogen and oxygen atoms in total. The van der Waals surface area contributed by atoms with E-state index in [-0.39, 0.29) is 5.91 Å². The molecule has 1 fully saturated rings. The van der Waals surface area contributed by atoms with Crippen molar-refractivity contribution in [3.8, 4) is 0 Å². The minimum Gasteiger partial charge on any atom is -0.337 e. The predicted octanol–water partition coefficient (Wildman–Crippen LogP) is 2.12. The molecule has 0 radical (unpaired) electrons. The van der Waals surface area contributed by atoms with Gasteiger partial charge in [-0.25, -0.2) is 9.67 Å². The molecule has 124 valence electrons. The van der Waals surface area contributed by atoms with Crippen molar-refractivity contribution in [2.45, 2.75) is 32.4 Å². The zero-order valence-electron chi connectivity index (χ0n) is 13.7. The Morgan fingerprint density at radius 2 is 2.29 bits per heavy atom. The lowest BCUT2D eigenvalue weighted by Crippen LogP contribution is -2.40. The molecule has 0 spiro atoms. The maximum atomic E-state index is 12.9. The molecule has 0 bridgehead atoms. The lowest BCUT2D eigenvalue weighted by atomic mass is 10.0. The Kier molecular flexibility index (Phi) is 3.76. The zero-order valence-corrected chi connectivity index (χ0v) is 13.7. The number of nitrogens with zero attached hydrogens (tertiary/aromatic N) is 6. The van der Waals surface area contributed by atoms with Crippen LogP contribution in [0.4, 0.5) is 0 Å². The first kappa shape index (κ1) is 14.9. The molecule has 1 saturated heterocycles. The quantitative estimate of drug-likeness (QED) is 0.740. The lowest BCUT2D eigenvalue weighted by molar-refractivity contribution is 0.0679. The summed E-state index contributed by atoms with van der Waals surface area (Å²) in [6.45, 7) is 4.30. The van der Waals surface area contributed by atoms with Crippen molar-refractivity contribution < 1.29 is 4.79 Å². The third kappa shape index (κ3) is 2.55. The Morgan fingerprint density at radius 1 is 1.38 bits per heavy atom.